The zero-order valence-electron chi connectivity index (χ0n) is 18.5. The van der Waals surface area contributed by atoms with Gasteiger partial charge < -0.3 is 19.9 Å². The second-order valence-electron chi connectivity index (χ2n) is 9.17. The molecule has 162 valence electrons. The Kier molecular flexibility index (Phi) is 7.38. The van der Waals surface area contributed by atoms with Gasteiger partial charge in [0.15, 0.2) is 0 Å². The first-order valence-corrected chi connectivity index (χ1v) is 11.1. The molecule has 2 aliphatic heterocycles. The normalized spacial score (nSPS) is 28.0. The van der Waals surface area contributed by atoms with Gasteiger partial charge in [-0.2, -0.15) is 0 Å². The van der Waals surface area contributed by atoms with Crippen molar-refractivity contribution in [2.45, 2.75) is 58.4 Å². The third-order valence-corrected chi connectivity index (χ3v) is 7.06. The number of carbonyl (C=O) groups is 1. The van der Waals surface area contributed by atoms with Gasteiger partial charge in [-0.15, -0.1) is 0 Å². The summed E-state index contributed by atoms with van der Waals surface area (Å²) in [6.07, 6.45) is 11.0. The summed E-state index contributed by atoms with van der Waals surface area (Å²) < 4.78 is 4.71. The minimum Gasteiger partial charge on any atom is -0.453 e. The Hall–Kier alpha value is -1.82. The Labute approximate surface area is 176 Å². The van der Waals surface area contributed by atoms with Crippen LogP contribution in [0.1, 0.15) is 52.4 Å². The minimum absolute atomic E-state index is 0.288. The number of alkyl carbamates (subject to hydrolysis) is 1. The van der Waals surface area contributed by atoms with E-state index in [1.54, 1.807) is 0 Å². The lowest BCUT2D eigenvalue weighted by Gasteiger charge is -2.55. The summed E-state index contributed by atoms with van der Waals surface area (Å²) in [5.41, 5.74) is 1.68. The number of hydrogen-bond donors (Lipinski definition) is 1. The van der Waals surface area contributed by atoms with E-state index in [1.807, 2.05) is 6.92 Å². The SMILES string of the molecule is C=N/C(=C(C)/C=C/C)N1CC2(CCN(C[C@H]3CC[C@H](NC(=O)OC)CC3)CC2)C1. The van der Waals surface area contributed by atoms with Crippen molar-refractivity contribution in [3.05, 3.63) is 23.5 Å². The van der Waals surface area contributed by atoms with Gasteiger partial charge in [0, 0.05) is 31.1 Å². The highest BCUT2D eigenvalue weighted by Crippen LogP contribution is 2.43. The third kappa shape index (κ3) is 5.41. The molecule has 0 aromatic heterocycles. The third-order valence-electron chi connectivity index (χ3n) is 7.06. The first-order valence-electron chi connectivity index (χ1n) is 11.1. The summed E-state index contributed by atoms with van der Waals surface area (Å²) in [5, 5.41) is 2.95. The van der Waals surface area contributed by atoms with Gasteiger partial charge in [0.05, 0.1) is 7.11 Å². The van der Waals surface area contributed by atoms with Crippen LogP contribution in [-0.4, -0.2) is 68.5 Å². The highest BCUT2D eigenvalue weighted by atomic mass is 16.5. The fraction of sp³-hybridized carbons (Fsp3) is 0.739. The summed E-state index contributed by atoms with van der Waals surface area (Å²) in [7, 11) is 1.43. The fourth-order valence-electron chi connectivity index (χ4n) is 5.32. The van der Waals surface area contributed by atoms with Gasteiger partial charge in [-0.05, 0) is 83.7 Å². The predicted octanol–water partition coefficient (Wildman–Crippen LogP) is 3.81. The number of rotatable bonds is 6. The first kappa shape index (κ1) is 21.9. The molecule has 3 rings (SSSR count). The molecule has 0 unspecified atom stereocenters. The van der Waals surface area contributed by atoms with Crippen LogP contribution < -0.4 is 5.32 Å². The molecule has 0 aromatic rings. The van der Waals surface area contributed by atoms with Crippen LogP contribution in [-0.2, 0) is 4.74 Å². The zero-order valence-corrected chi connectivity index (χ0v) is 18.5. The average Bonchev–Trinajstić information content (AvgIpc) is 2.70. The van der Waals surface area contributed by atoms with E-state index in [0.717, 1.165) is 37.7 Å². The van der Waals surface area contributed by atoms with Crippen molar-refractivity contribution in [3.63, 3.8) is 0 Å². The van der Waals surface area contributed by atoms with E-state index < -0.39 is 0 Å². The number of nitrogens with one attached hydrogen (secondary N) is 1. The molecule has 0 atom stereocenters. The second kappa shape index (κ2) is 9.79. The Morgan fingerprint density at radius 2 is 1.90 bits per heavy atom. The summed E-state index contributed by atoms with van der Waals surface area (Å²) >= 11 is 0. The van der Waals surface area contributed by atoms with E-state index >= 15 is 0 Å². The predicted molar refractivity (Wildman–Crippen MR) is 118 cm³/mol. The molecule has 1 saturated carbocycles. The van der Waals surface area contributed by atoms with Crippen LogP contribution >= 0.6 is 0 Å². The van der Waals surface area contributed by atoms with E-state index in [4.69, 9.17) is 4.74 Å². The fourth-order valence-corrected chi connectivity index (χ4v) is 5.32. The quantitative estimate of drug-likeness (QED) is 0.542. The first-order chi connectivity index (χ1) is 14.0. The van der Waals surface area contributed by atoms with Crippen molar-refractivity contribution in [2.24, 2.45) is 16.3 Å². The van der Waals surface area contributed by atoms with Crippen LogP contribution in [0.3, 0.4) is 0 Å². The molecule has 1 aliphatic carbocycles. The molecule has 3 fully saturated rings. The number of amides is 1. The lowest BCUT2D eigenvalue weighted by molar-refractivity contribution is -0.0312. The molecule has 0 radical (unpaired) electrons. The molecule has 2 saturated heterocycles. The van der Waals surface area contributed by atoms with Gasteiger partial charge >= 0.3 is 6.09 Å². The molecule has 3 aliphatic rings. The Morgan fingerprint density at radius 3 is 2.45 bits per heavy atom. The maximum atomic E-state index is 11.4. The molecular weight excluding hydrogens is 364 g/mol. The van der Waals surface area contributed by atoms with Crippen LogP contribution in [0.15, 0.2) is 28.5 Å². The summed E-state index contributed by atoms with van der Waals surface area (Å²) in [5.74, 6) is 1.81. The molecule has 1 N–H and O–H groups in total. The maximum absolute atomic E-state index is 11.4. The van der Waals surface area contributed by atoms with E-state index in [1.165, 1.54) is 58.0 Å². The summed E-state index contributed by atoms with van der Waals surface area (Å²) in [4.78, 5) is 20.7. The highest BCUT2D eigenvalue weighted by Gasteiger charge is 2.45. The summed E-state index contributed by atoms with van der Waals surface area (Å²) in [6.45, 7) is 13.8. The van der Waals surface area contributed by atoms with Crippen LogP contribution in [0.4, 0.5) is 4.79 Å². The molecule has 6 heteroatoms. The topological polar surface area (TPSA) is 57.2 Å². The number of methoxy groups -OCH3 is 1. The van der Waals surface area contributed by atoms with Gasteiger partial charge in [-0.3, -0.25) is 0 Å². The molecule has 0 aromatic carbocycles. The van der Waals surface area contributed by atoms with E-state index in [0.29, 0.717) is 5.41 Å². The lowest BCUT2D eigenvalue weighted by Crippen LogP contribution is -2.59. The van der Waals surface area contributed by atoms with Crippen LogP contribution in [0.25, 0.3) is 0 Å². The Morgan fingerprint density at radius 1 is 1.24 bits per heavy atom. The van der Waals surface area contributed by atoms with E-state index in [2.05, 4.69) is 45.9 Å². The van der Waals surface area contributed by atoms with Gasteiger partial charge in [0.2, 0.25) is 0 Å². The molecule has 0 bridgehead atoms. The van der Waals surface area contributed by atoms with Crippen LogP contribution in [0.2, 0.25) is 0 Å². The van der Waals surface area contributed by atoms with Crippen molar-refractivity contribution >= 4 is 12.8 Å². The largest absolute Gasteiger partial charge is 0.453 e. The zero-order chi connectivity index (χ0) is 20.9. The number of carbonyl (C=O) groups excluding carboxylic acids is 1. The van der Waals surface area contributed by atoms with Gasteiger partial charge in [0.25, 0.3) is 0 Å². The number of aliphatic imine (C=N–C) groups is 1. The van der Waals surface area contributed by atoms with Crippen molar-refractivity contribution in [2.75, 3.05) is 39.8 Å². The molecule has 1 amide bonds. The second-order valence-corrected chi connectivity index (χ2v) is 9.17. The number of nitrogens with zero attached hydrogens (tertiary/aromatic N) is 3. The number of hydrogen-bond acceptors (Lipinski definition) is 5. The Balaban J connectivity index is 1.39. The average molecular weight is 403 g/mol. The maximum Gasteiger partial charge on any atom is 0.407 e. The molecular formula is C23H38N4O2. The molecule has 29 heavy (non-hydrogen) atoms. The molecule has 2 heterocycles. The summed E-state index contributed by atoms with van der Waals surface area (Å²) in [6, 6.07) is 0.288. The van der Waals surface area contributed by atoms with Gasteiger partial charge in [0.1, 0.15) is 5.82 Å². The smallest absolute Gasteiger partial charge is 0.407 e. The number of piperidine rings is 1. The minimum atomic E-state index is -0.296. The van der Waals surface area contributed by atoms with Crippen LogP contribution in [0.5, 0.6) is 0 Å². The van der Waals surface area contributed by atoms with Crippen LogP contribution in [0, 0.1) is 11.3 Å². The van der Waals surface area contributed by atoms with E-state index in [-0.39, 0.29) is 12.1 Å². The van der Waals surface area contributed by atoms with E-state index in [9.17, 15) is 4.79 Å². The van der Waals surface area contributed by atoms with Crippen molar-refractivity contribution < 1.29 is 9.53 Å². The molecule has 6 nitrogen and oxygen atoms in total. The number of ether oxygens (including phenoxy) is 1. The lowest BCUT2D eigenvalue weighted by atomic mass is 9.71. The van der Waals surface area contributed by atoms with Crippen molar-refractivity contribution in [1.29, 1.82) is 0 Å². The number of allylic oxidation sites excluding steroid dienone is 3. The van der Waals surface area contributed by atoms with Gasteiger partial charge in [-0.1, -0.05) is 12.2 Å². The monoisotopic (exact) mass is 402 g/mol. The van der Waals surface area contributed by atoms with Crippen molar-refractivity contribution in [1.82, 2.24) is 15.1 Å². The molecule has 1 spiro atoms. The van der Waals surface area contributed by atoms with Crippen molar-refractivity contribution in [3.8, 4) is 0 Å². The van der Waals surface area contributed by atoms with Gasteiger partial charge in [-0.25, -0.2) is 9.79 Å². The highest BCUT2D eigenvalue weighted by molar-refractivity contribution is 5.67. The Bertz CT molecular complexity index is 633. The number of likely N-dealkylation sites (tertiary alicyclic amines) is 2. The standard InChI is InChI=1S/C23H38N4O2/c1-5-6-18(2)21(24-3)27-16-23(17-27)11-13-26(14-12-23)15-19-7-9-20(10-8-19)25-22(28)29-4/h5-6,19-20H,3,7-17H2,1-2,4H3,(H,25,28)/b6-5+,21-18-/t19-,20-.